The molecule has 3 N–H and O–H groups in total. The van der Waals surface area contributed by atoms with Gasteiger partial charge in [0.2, 0.25) is 11.8 Å². The van der Waals surface area contributed by atoms with E-state index in [1.54, 1.807) is 18.2 Å². The van der Waals surface area contributed by atoms with Gasteiger partial charge in [-0.1, -0.05) is 23.7 Å². The van der Waals surface area contributed by atoms with Crippen LogP contribution >= 0.6 is 11.6 Å². The van der Waals surface area contributed by atoms with Gasteiger partial charge in [0, 0.05) is 17.4 Å². The monoisotopic (exact) mass is 266 g/mol. The molecule has 0 unspecified atom stereocenters. The number of amides is 2. The number of hydrogen-bond donors (Lipinski definition) is 2. The molecule has 0 aromatic heterocycles. The maximum Gasteiger partial charge on any atom is 0.240 e. The number of primary amides is 1. The van der Waals surface area contributed by atoms with Crippen LogP contribution in [0, 0.1) is 5.92 Å². The third-order valence-corrected chi connectivity index (χ3v) is 3.17. The molecule has 1 aliphatic carbocycles. The Hall–Kier alpha value is -1.55. The second kappa shape index (κ2) is 5.40. The fourth-order valence-corrected chi connectivity index (χ4v) is 1.97. The second-order valence-electron chi connectivity index (χ2n) is 4.57. The van der Waals surface area contributed by atoms with Crippen molar-refractivity contribution in [3.63, 3.8) is 0 Å². The van der Waals surface area contributed by atoms with E-state index in [9.17, 15) is 9.59 Å². The van der Waals surface area contributed by atoms with Gasteiger partial charge in [-0.05, 0) is 30.5 Å². The van der Waals surface area contributed by atoms with Crippen molar-refractivity contribution in [2.24, 2.45) is 11.7 Å². The van der Waals surface area contributed by atoms with Crippen molar-refractivity contribution in [1.29, 1.82) is 0 Å². The molecule has 1 saturated carbocycles. The van der Waals surface area contributed by atoms with Crippen molar-refractivity contribution >= 4 is 23.4 Å². The van der Waals surface area contributed by atoms with Gasteiger partial charge < -0.3 is 11.1 Å². The van der Waals surface area contributed by atoms with Gasteiger partial charge in [-0.2, -0.15) is 0 Å². The SMILES string of the molecule is NC(=O)[C@@H](Cc1cccc(Cl)c1)NC(=O)C1CC1. The van der Waals surface area contributed by atoms with Crippen molar-refractivity contribution in [3.05, 3.63) is 34.9 Å². The summed E-state index contributed by atoms with van der Waals surface area (Å²) < 4.78 is 0. The number of rotatable bonds is 5. The molecule has 0 heterocycles. The van der Waals surface area contributed by atoms with Gasteiger partial charge in [0.15, 0.2) is 0 Å². The first-order valence-corrected chi connectivity index (χ1v) is 6.28. The smallest absolute Gasteiger partial charge is 0.240 e. The molecule has 2 rings (SSSR count). The summed E-state index contributed by atoms with van der Waals surface area (Å²) in [5.41, 5.74) is 6.18. The molecule has 18 heavy (non-hydrogen) atoms. The summed E-state index contributed by atoms with van der Waals surface area (Å²) in [5, 5.41) is 3.29. The van der Waals surface area contributed by atoms with Crippen LogP contribution in [0.25, 0.3) is 0 Å². The molecule has 0 spiro atoms. The van der Waals surface area contributed by atoms with Crippen LogP contribution in [0.5, 0.6) is 0 Å². The summed E-state index contributed by atoms with van der Waals surface area (Å²) in [6.07, 6.45) is 2.16. The molecule has 0 radical (unpaired) electrons. The van der Waals surface area contributed by atoms with Gasteiger partial charge in [-0.15, -0.1) is 0 Å². The zero-order valence-corrected chi connectivity index (χ0v) is 10.6. The third kappa shape index (κ3) is 3.47. The van der Waals surface area contributed by atoms with E-state index in [1.165, 1.54) is 0 Å². The van der Waals surface area contributed by atoms with Crippen LogP contribution < -0.4 is 11.1 Å². The molecular formula is C13H15ClN2O2. The van der Waals surface area contributed by atoms with E-state index in [-0.39, 0.29) is 11.8 Å². The zero-order chi connectivity index (χ0) is 13.1. The Morgan fingerprint density at radius 3 is 2.72 bits per heavy atom. The van der Waals surface area contributed by atoms with E-state index in [2.05, 4.69) is 5.32 Å². The fraction of sp³-hybridized carbons (Fsp3) is 0.385. The summed E-state index contributed by atoms with van der Waals surface area (Å²) in [7, 11) is 0. The molecule has 4 nitrogen and oxygen atoms in total. The summed E-state index contributed by atoms with van der Waals surface area (Å²) in [5.74, 6) is -0.545. The molecule has 1 aliphatic rings. The fourth-order valence-electron chi connectivity index (χ4n) is 1.76. The van der Waals surface area contributed by atoms with Gasteiger partial charge in [0.25, 0.3) is 0 Å². The minimum absolute atomic E-state index is 0.0613. The van der Waals surface area contributed by atoms with Crippen molar-refractivity contribution in [1.82, 2.24) is 5.32 Å². The minimum atomic E-state index is -0.670. The predicted octanol–water partition coefficient (Wildman–Crippen LogP) is 1.26. The summed E-state index contributed by atoms with van der Waals surface area (Å²) in [6.45, 7) is 0. The van der Waals surface area contributed by atoms with Gasteiger partial charge in [0.05, 0.1) is 0 Å². The Morgan fingerprint density at radius 2 is 2.17 bits per heavy atom. The highest BCUT2D eigenvalue weighted by atomic mass is 35.5. The first kappa shape index (κ1) is 12.9. The van der Waals surface area contributed by atoms with Gasteiger partial charge in [-0.3, -0.25) is 9.59 Å². The van der Waals surface area contributed by atoms with E-state index >= 15 is 0 Å². The lowest BCUT2D eigenvalue weighted by atomic mass is 10.1. The molecule has 96 valence electrons. The molecule has 1 aromatic rings. The van der Waals surface area contributed by atoms with Gasteiger partial charge in [-0.25, -0.2) is 0 Å². The molecular weight excluding hydrogens is 252 g/mol. The average molecular weight is 267 g/mol. The van der Waals surface area contributed by atoms with Gasteiger partial charge in [0.1, 0.15) is 6.04 Å². The molecule has 0 aliphatic heterocycles. The van der Waals surface area contributed by atoms with Crippen molar-refractivity contribution in [3.8, 4) is 0 Å². The van der Waals surface area contributed by atoms with Crippen LogP contribution in [0.1, 0.15) is 18.4 Å². The van der Waals surface area contributed by atoms with Crippen LogP contribution in [0.15, 0.2) is 24.3 Å². The molecule has 0 bridgehead atoms. The Labute approximate surface area is 110 Å². The van der Waals surface area contributed by atoms with Crippen molar-refractivity contribution in [2.45, 2.75) is 25.3 Å². The number of halogens is 1. The summed E-state index contributed by atoms with van der Waals surface area (Å²) in [6, 6.07) is 6.51. The molecule has 1 aromatic carbocycles. The standard InChI is InChI=1S/C13H15ClN2O2/c14-10-3-1-2-8(6-10)7-11(12(15)17)16-13(18)9-4-5-9/h1-3,6,9,11H,4-5,7H2,(H2,15,17)(H,16,18)/t11-/m1/s1. The number of benzene rings is 1. The maximum absolute atomic E-state index is 11.6. The van der Waals surface area contributed by atoms with E-state index < -0.39 is 11.9 Å². The Morgan fingerprint density at radius 1 is 1.44 bits per heavy atom. The van der Waals surface area contributed by atoms with E-state index in [1.807, 2.05) is 6.07 Å². The molecule has 0 saturated heterocycles. The summed E-state index contributed by atoms with van der Waals surface area (Å²) in [4.78, 5) is 23.0. The average Bonchev–Trinajstić information content (AvgIpc) is 3.11. The van der Waals surface area contributed by atoms with Crippen molar-refractivity contribution < 1.29 is 9.59 Å². The Kier molecular flexibility index (Phi) is 3.87. The summed E-state index contributed by atoms with van der Waals surface area (Å²) >= 11 is 5.87. The molecule has 2 amide bonds. The highest BCUT2D eigenvalue weighted by Crippen LogP contribution is 2.29. The Bertz CT molecular complexity index is 472. The van der Waals surface area contributed by atoms with Gasteiger partial charge >= 0.3 is 0 Å². The topological polar surface area (TPSA) is 72.2 Å². The Balaban J connectivity index is 2.01. The van der Waals surface area contributed by atoms with E-state index in [4.69, 9.17) is 17.3 Å². The lowest BCUT2D eigenvalue weighted by Crippen LogP contribution is -2.46. The minimum Gasteiger partial charge on any atom is -0.368 e. The zero-order valence-electron chi connectivity index (χ0n) is 9.86. The lowest BCUT2D eigenvalue weighted by molar-refractivity contribution is -0.128. The van der Waals surface area contributed by atoms with E-state index in [0.717, 1.165) is 18.4 Å². The first-order chi connectivity index (χ1) is 8.56. The number of carbonyl (C=O) groups excluding carboxylic acids is 2. The molecule has 1 fully saturated rings. The number of nitrogens with two attached hydrogens (primary N) is 1. The lowest BCUT2D eigenvalue weighted by Gasteiger charge is -2.15. The number of nitrogens with one attached hydrogen (secondary N) is 1. The predicted molar refractivity (Wildman–Crippen MR) is 69.0 cm³/mol. The van der Waals surface area contributed by atoms with Crippen LogP contribution in [-0.2, 0) is 16.0 Å². The van der Waals surface area contributed by atoms with E-state index in [0.29, 0.717) is 11.4 Å². The highest BCUT2D eigenvalue weighted by molar-refractivity contribution is 6.30. The van der Waals surface area contributed by atoms with Crippen molar-refractivity contribution in [2.75, 3.05) is 0 Å². The maximum atomic E-state index is 11.6. The number of hydrogen-bond acceptors (Lipinski definition) is 2. The third-order valence-electron chi connectivity index (χ3n) is 2.94. The van der Waals surface area contributed by atoms with Crippen LogP contribution in [0.4, 0.5) is 0 Å². The van der Waals surface area contributed by atoms with Crippen LogP contribution in [0.3, 0.4) is 0 Å². The largest absolute Gasteiger partial charge is 0.368 e. The quantitative estimate of drug-likeness (QED) is 0.842. The number of carbonyl (C=O) groups is 2. The highest BCUT2D eigenvalue weighted by Gasteiger charge is 2.32. The normalized spacial score (nSPS) is 16.1. The first-order valence-electron chi connectivity index (χ1n) is 5.90. The molecule has 5 heteroatoms. The molecule has 1 atom stereocenters. The van der Waals surface area contributed by atoms with Crippen LogP contribution in [0.2, 0.25) is 5.02 Å². The van der Waals surface area contributed by atoms with Crippen LogP contribution in [-0.4, -0.2) is 17.9 Å². The second-order valence-corrected chi connectivity index (χ2v) is 5.01.